The molecule has 0 fully saturated rings. The second-order valence-electron chi connectivity index (χ2n) is 4.06. The van der Waals surface area contributed by atoms with Crippen LogP contribution in [0.2, 0.25) is 0 Å². The minimum atomic E-state index is 0.867. The number of hydrogen-bond acceptors (Lipinski definition) is 1. The average molecular weight is 299 g/mol. The number of allylic oxidation sites excluding steroid dienone is 3. The van der Waals surface area contributed by atoms with E-state index in [1.54, 1.807) is 0 Å². The molecule has 0 atom stereocenters. The second kappa shape index (κ2) is 4.83. The summed E-state index contributed by atoms with van der Waals surface area (Å²) in [5.74, 6) is 1.78. The highest BCUT2D eigenvalue weighted by molar-refractivity contribution is 9.10. The minimum Gasteiger partial charge on any atom is -0.457 e. The van der Waals surface area contributed by atoms with E-state index in [9.17, 15) is 0 Å². The quantitative estimate of drug-likeness (QED) is 0.779. The molecule has 0 saturated carbocycles. The molecule has 18 heavy (non-hydrogen) atoms. The molecule has 0 bridgehead atoms. The number of benzene rings is 2. The largest absolute Gasteiger partial charge is 0.457 e. The van der Waals surface area contributed by atoms with Gasteiger partial charge in [0.15, 0.2) is 0 Å². The van der Waals surface area contributed by atoms with Crippen molar-refractivity contribution < 1.29 is 4.74 Å². The van der Waals surface area contributed by atoms with Gasteiger partial charge < -0.3 is 4.74 Å². The SMILES string of the molecule is Brc1ccc(-c2ccc(OC3=CC=C3)cc2)cc1. The molecule has 0 N–H and O–H groups in total. The molecule has 2 heteroatoms. The van der Waals surface area contributed by atoms with Crippen LogP contribution in [-0.4, -0.2) is 0 Å². The first-order chi connectivity index (χ1) is 8.81. The third-order valence-electron chi connectivity index (χ3n) is 2.79. The number of halogens is 1. The van der Waals surface area contributed by atoms with Gasteiger partial charge in [-0.15, -0.1) is 0 Å². The van der Waals surface area contributed by atoms with Crippen molar-refractivity contribution in [2.75, 3.05) is 0 Å². The van der Waals surface area contributed by atoms with E-state index in [4.69, 9.17) is 4.74 Å². The molecule has 3 rings (SSSR count). The van der Waals surface area contributed by atoms with Crippen LogP contribution < -0.4 is 4.74 Å². The molecule has 0 aliphatic heterocycles. The highest BCUT2D eigenvalue weighted by Gasteiger charge is 2.02. The molecule has 1 nitrogen and oxygen atoms in total. The fraction of sp³-hybridized carbons (Fsp3) is 0. The third kappa shape index (κ3) is 2.39. The molecule has 0 aromatic heterocycles. The van der Waals surface area contributed by atoms with Crippen LogP contribution in [-0.2, 0) is 0 Å². The molecular formula is C16H11BrO. The Bertz CT molecular complexity index is 607. The highest BCUT2D eigenvalue weighted by atomic mass is 79.9. The third-order valence-corrected chi connectivity index (χ3v) is 3.32. The molecule has 0 amide bonds. The van der Waals surface area contributed by atoms with E-state index >= 15 is 0 Å². The lowest BCUT2D eigenvalue weighted by atomic mass is 10.1. The summed E-state index contributed by atoms with van der Waals surface area (Å²) in [7, 11) is 0. The maximum absolute atomic E-state index is 5.63. The zero-order valence-electron chi connectivity index (χ0n) is 9.64. The van der Waals surface area contributed by atoms with Crippen molar-refractivity contribution in [3.63, 3.8) is 0 Å². The van der Waals surface area contributed by atoms with Gasteiger partial charge in [0, 0.05) is 4.47 Å². The Morgan fingerprint density at radius 2 is 1.33 bits per heavy atom. The number of hydrogen-bond donors (Lipinski definition) is 0. The Morgan fingerprint density at radius 1 is 0.778 bits per heavy atom. The molecule has 0 radical (unpaired) electrons. The van der Waals surface area contributed by atoms with Crippen LogP contribution in [0, 0.1) is 0 Å². The fourth-order valence-electron chi connectivity index (χ4n) is 1.74. The van der Waals surface area contributed by atoms with E-state index in [2.05, 4.69) is 40.2 Å². The molecule has 0 spiro atoms. The monoisotopic (exact) mass is 298 g/mol. The van der Waals surface area contributed by atoms with E-state index in [1.165, 1.54) is 11.1 Å². The predicted molar refractivity (Wildman–Crippen MR) is 77.4 cm³/mol. The molecule has 2 aromatic carbocycles. The van der Waals surface area contributed by atoms with E-state index in [-0.39, 0.29) is 0 Å². The Balaban J connectivity index is 1.79. The van der Waals surface area contributed by atoms with Crippen LogP contribution in [0.3, 0.4) is 0 Å². The normalized spacial score (nSPS) is 12.8. The summed E-state index contributed by atoms with van der Waals surface area (Å²) < 4.78 is 6.72. The summed E-state index contributed by atoms with van der Waals surface area (Å²) in [5.41, 5.74) is 2.39. The van der Waals surface area contributed by atoms with Crippen molar-refractivity contribution in [1.29, 1.82) is 0 Å². The summed E-state index contributed by atoms with van der Waals surface area (Å²) in [5, 5.41) is 0. The maximum atomic E-state index is 5.63. The Labute approximate surface area is 115 Å². The van der Waals surface area contributed by atoms with Crippen molar-refractivity contribution in [3.8, 4) is 16.9 Å². The van der Waals surface area contributed by atoms with Gasteiger partial charge >= 0.3 is 0 Å². The number of rotatable bonds is 3. The summed E-state index contributed by atoms with van der Waals surface area (Å²) in [6.45, 7) is 0. The lowest BCUT2D eigenvalue weighted by molar-refractivity contribution is 0.440. The van der Waals surface area contributed by atoms with E-state index in [0.29, 0.717) is 0 Å². The predicted octanol–water partition coefficient (Wildman–Crippen LogP) is 4.95. The molecular weight excluding hydrogens is 288 g/mol. The lowest BCUT2D eigenvalue weighted by Gasteiger charge is -2.10. The van der Waals surface area contributed by atoms with Gasteiger partial charge in [-0.05, 0) is 47.5 Å². The van der Waals surface area contributed by atoms with Crippen LogP contribution in [0.1, 0.15) is 0 Å². The van der Waals surface area contributed by atoms with Gasteiger partial charge in [-0.25, -0.2) is 0 Å². The smallest absolute Gasteiger partial charge is 0.127 e. The molecule has 0 heterocycles. The first-order valence-corrected chi connectivity index (χ1v) is 6.53. The van der Waals surface area contributed by atoms with Crippen LogP contribution in [0.5, 0.6) is 5.75 Å². The summed E-state index contributed by atoms with van der Waals surface area (Å²) in [6, 6.07) is 16.4. The molecule has 88 valence electrons. The molecule has 1 aliphatic carbocycles. The zero-order chi connectivity index (χ0) is 12.4. The van der Waals surface area contributed by atoms with Gasteiger partial charge in [-0.3, -0.25) is 0 Å². The topological polar surface area (TPSA) is 9.23 Å². The van der Waals surface area contributed by atoms with E-state index < -0.39 is 0 Å². The Kier molecular flexibility index (Phi) is 3.03. The van der Waals surface area contributed by atoms with E-state index in [1.807, 2.05) is 42.5 Å². The van der Waals surface area contributed by atoms with Crippen LogP contribution in [0.25, 0.3) is 11.1 Å². The molecule has 1 aliphatic rings. The van der Waals surface area contributed by atoms with Gasteiger partial charge in [-0.2, -0.15) is 0 Å². The van der Waals surface area contributed by atoms with Gasteiger partial charge in [0.05, 0.1) is 0 Å². The zero-order valence-corrected chi connectivity index (χ0v) is 11.2. The van der Waals surface area contributed by atoms with Crippen LogP contribution in [0.15, 0.2) is 77.0 Å². The highest BCUT2D eigenvalue weighted by Crippen LogP contribution is 2.25. The minimum absolute atomic E-state index is 0.867. The summed E-state index contributed by atoms with van der Waals surface area (Å²) in [4.78, 5) is 0. The first-order valence-electron chi connectivity index (χ1n) is 5.73. The standard InChI is InChI=1S/C16H11BrO/c17-14-8-4-12(5-9-14)13-6-10-16(11-7-13)18-15-2-1-3-15/h1-11H. The fourth-order valence-corrected chi connectivity index (χ4v) is 2.00. The second-order valence-corrected chi connectivity index (χ2v) is 4.98. The van der Waals surface area contributed by atoms with Gasteiger partial charge in [0.1, 0.15) is 11.5 Å². The average Bonchev–Trinajstić information content (AvgIpc) is 2.36. The Morgan fingerprint density at radius 3 is 1.83 bits per heavy atom. The lowest BCUT2D eigenvalue weighted by Crippen LogP contribution is -1.95. The molecule has 0 unspecified atom stereocenters. The van der Waals surface area contributed by atoms with Crippen LogP contribution >= 0.6 is 15.9 Å². The number of ether oxygens (including phenoxy) is 1. The van der Waals surface area contributed by atoms with Crippen molar-refractivity contribution in [2.24, 2.45) is 0 Å². The van der Waals surface area contributed by atoms with Crippen molar-refractivity contribution in [1.82, 2.24) is 0 Å². The first kappa shape index (κ1) is 11.3. The van der Waals surface area contributed by atoms with E-state index in [0.717, 1.165) is 16.0 Å². The van der Waals surface area contributed by atoms with Crippen LogP contribution in [0.4, 0.5) is 0 Å². The van der Waals surface area contributed by atoms with Gasteiger partial charge in [0.2, 0.25) is 0 Å². The summed E-state index contributed by atoms with van der Waals surface area (Å²) >= 11 is 3.44. The molecule has 2 aromatic rings. The molecule has 0 saturated heterocycles. The van der Waals surface area contributed by atoms with Gasteiger partial charge in [-0.1, -0.05) is 46.3 Å². The van der Waals surface area contributed by atoms with Gasteiger partial charge in [0.25, 0.3) is 0 Å². The van der Waals surface area contributed by atoms with Crippen molar-refractivity contribution >= 4 is 15.9 Å². The maximum Gasteiger partial charge on any atom is 0.127 e. The van der Waals surface area contributed by atoms with Crippen molar-refractivity contribution in [3.05, 3.63) is 77.0 Å². The summed E-state index contributed by atoms with van der Waals surface area (Å²) in [6.07, 6.45) is 5.86. The Hall–Kier alpha value is -1.80. The van der Waals surface area contributed by atoms with Crippen molar-refractivity contribution in [2.45, 2.75) is 0 Å².